The van der Waals surface area contributed by atoms with Crippen molar-refractivity contribution in [2.24, 2.45) is 0 Å². The van der Waals surface area contributed by atoms with E-state index in [0.717, 1.165) is 5.56 Å². The third kappa shape index (κ3) is 5.21. The Bertz CT molecular complexity index is 939. The smallest absolute Gasteiger partial charge is 0.266 e. The van der Waals surface area contributed by atoms with Gasteiger partial charge in [-0.2, -0.15) is 0 Å². The number of amides is 1. The lowest BCUT2D eigenvalue weighted by Crippen LogP contribution is -2.41. The molecule has 0 aliphatic heterocycles. The number of carbonyl (C=O) groups is 1. The maximum atomic E-state index is 12.4. The molecule has 2 aromatic rings. The van der Waals surface area contributed by atoms with Gasteiger partial charge in [0.2, 0.25) is 0 Å². The monoisotopic (exact) mass is 392 g/mol. The van der Waals surface area contributed by atoms with E-state index in [1.807, 2.05) is 20.8 Å². The maximum absolute atomic E-state index is 12.4. The topological polar surface area (TPSA) is 93.7 Å². The first-order chi connectivity index (χ1) is 12.6. The zero-order chi connectivity index (χ0) is 20.2. The quantitative estimate of drug-likeness (QED) is 0.707. The summed E-state index contributed by atoms with van der Waals surface area (Å²) in [5.74, 6) is 0.270. The van der Waals surface area contributed by atoms with Gasteiger partial charge >= 0.3 is 0 Å². The summed E-state index contributed by atoms with van der Waals surface area (Å²) in [5, 5.41) is 0. The number of carbonyl (C=O) groups excluding carboxylic acids is 1. The average Bonchev–Trinajstić information content (AvgIpc) is 2.59. The lowest BCUT2D eigenvalue weighted by Gasteiger charge is -2.15. The van der Waals surface area contributed by atoms with Crippen LogP contribution in [0.5, 0.6) is 11.5 Å². The predicted molar refractivity (Wildman–Crippen MR) is 102 cm³/mol. The van der Waals surface area contributed by atoms with E-state index in [0.29, 0.717) is 17.1 Å². The molecule has 0 aromatic heterocycles. The molecule has 0 saturated carbocycles. The second kappa shape index (κ2) is 8.41. The van der Waals surface area contributed by atoms with Gasteiger partial charge in [-0.05, 0) is 57.5 Å². The van der Waals surface area contributed by atoms with Crippen molar-refractivity contribution in [3.8, 4) is 11.5 Å². The summed E-state index contributed by atoms with van der Waals surface area (Å²) >= 11 is 0. The van der Waals surface area contributed by atoms with E-state index in [9.17, 15) is 13.2 Å². The van der Waals surface area contributed by atoms with Crippen LogP contribution in [-0.4, -0.2) is 27.5 Å². The second-order valence-electron chi connectivity index (χ2n) is 6.36. The van der Waals surface area contributed by atoms with Crippen molar-refractivity contribution in [3.05, 3.63) is 53.1 Å². The van der Waals surface area contributed by atoms with Crippen LogP contribution in [0.4, 0.5) is 0 Å². The first-order valence-corrected chi connectivity index (χ1v) is 9.86. The van der Waals surface area contributed by atoms with Crippen molar-refractivity contribution < 1.29 is 22.7 Å². The van der Waals surface area contributed by atoms with Crippen LogP contribution in [0, 0.1) is 13.8 Å². The molecule has 2 aromatic carbocycles. The van der Waals surface area contributed by atoms with Crippen molar-refractivity contribution in [2.75, 3.05) is 7.11 Å². The molecule has 0 spiro atoms. The predicted octanol–water partition coefficient (Wildman–Crippen LogP) is 2.72. The van der Waals surface area contributed by atoms with Gasteiger partial charge in [0.15, 0.2) is 11.5 Å². The van der Waals surface area contributed by atoms with E-state index in [-0.39, 0.29) is 16.6 Å². The van der Waals surface area contributed by atoms with E-state index < -0.39 is 15.9 Å². The van der Waals surface area contributed by atoms with Crippen molar-refractivity contribution in [2.45, 2.75) is 38.7 Å². The zero-order valence-corrected chi connectivity index (χ0v) is 16.8. The van der Waals surface area contributed by atoms with Crippen molar-refractivity contribution in [1.29, 1.82) is 0 Å². The van der Waals surface area contributed by atoms with E-state index in [2.05, 4.69) is 10.3 Å². The Morgan fingerprint density at radius 2 is 1.74 bits per heavy atom. The van der Waals surface area contributed by atoms with Gasteiger partial charge in [0.1, 0.15) is 0 Å². The molecule has 7 nitrogen and oxygen atoms in total. The molecule has 0 fully saturated rings. The first kappa shape index (κ1) is 20.7. The van der Waals surface area contributed by atoms with Crippen LogP contribution in [0.3, 0.4) is 0 Å². The van der Waals surface area contributed by atoms with E-state index >= 15 is 0 Å². The van der Waals surface area contributed by atoms with Crippen LogP contribution in [-0.2, 0) is 10.0 Å². The fraction of sp³-hybridized carbons (Fsp3) is 0.316. The largest absolute Gasteiger partial charge is 0.493 e. The van der Waals surface area contributed by atoms with Crippen LogP contribution in [0.15, 0.2) is 41.3 Å². The van der Waals surface area contributed by atoms with E-state index in [1.165, 1.54) is 25.3 Å². The van der Waals surface area contributed by atoms with Gasteiger partial charge in [-0.25, -0.2) is 8.42 Å². The Morgan fingerprint density at radius 3 is 2.33 bits per heavy atom. The molecule has 27 heavy (non-hydrogen) atoms. The number of hydrazine groups is 1. The molecular weight excluding hydrogens is 368 g/mol. The lowest BCUT2D eigenvalue weighted by atomic mass is 10.2. The number of methoxy groups -OCH3 is 1. The summed E-state index contributed by atoms with van der Waals surface area (Å²) in [6.45, 7) is 7.32. The van der Waals surface area contributed by atoms with Crippen LogP contribution < -0.4 is 19.7 Å². The number of hydrogen-bond acceptors (Lipinski definition) is 5. The third-order valence-electron chi connectivity index (χ3n) is 3.71. The van der Waals surface area contributed by atoms with Crippen molar-refractivity contribution >= 4 is 15.9 Å². The van der Waals surface area contributed by atoms with Gasteiger partial charge in [0, 0.05) is 5.56 Å². The molecule has 0 aliphatic carbocycles. The summed E-state index contributed by atoms with van der Waals surface area (Å²) in [6.07, 6.45) is -0.0527. The molecule has 0 heterocycles. The Morgan fingerprint density at radius 1 is 1.04 bits per heavy atom. The molecule has 2 N–H and O–H groups in total. The fourth-order valence-electron chi connectivity index (χ4n) is 2.50. The van der Waals surface area contributed by atoms with Gasteiger partial charge in [-0.3, -0.25) is 10.2 Å². The standard InChI is InChI=1S/C19H24N2O5S/c1-12(2)26-16-8-7-15(11-17(16)25-5)19(22)20-21-27(23,24)18-9-6-13(3)10-14(18)4/h6-12,21H,1-5H3,(H,20,22). The van der Waals surface area contributed by atoms with E-state index in [4.69, 9.17) is 9.47 Å². The lowest BCUT2D eigenvalue weighted by molar-refractivity contribution is 0.0944. The summed E-state index contributed by atoms with van der Waals surface area (Å²) in [4.78, 5) is 14.6. The highest BCUT2D eigenvalue weighted by Gasteiger charge is 2.19. The number of aryl methyl sites for hydroxylation is 2. The Labute approximate surface area is 159 Å². The number of rotatable bonds is 7. The highest BCUT2D eigenvalue weighted by molar-refractivity contribution is 7.89. The van der Waals surface area contributed by atoms with Crippen LogP contribution in [0.25, 0.3) is 0 Å². The summed E-state index contributed by atoms with van der Waals surface area (Å²) in [6, 6.07) is 9.57. The molecular formula is C19H24N2O5S. The van der Waals surface area contributed by atoms with Gasteiger partial charge in [0.05, 0.1) is 18.1 Å². The minimum atomic E-state index is -3.89. The molecule has 1 amide bonds. The molecule has 8 heteroatoms. The number of hydrogen-bond donors (Lipinski definition) is 2. The minimum Gasteiger partial charge on any atom is -0.493 e. The molecule has 0 unspecified atom stereocenters. The Balaban J connectivity index is 2.15. The Hall–Kier alpha value is -2.58. The van der Waals surface area contributed by atoms with Gasteiger partial charge in [0.25, 0.3) is 15.9 Å². The Kier molecular flexibility index (Phi) is 6.45. The van der Waals surface area contributed by atoms with Crippen LogP contribution in [0.1, 0.15) is 35.3 Å². The highest BCUT2D eigenvalue weighted by Crippen LogP contribution is 2.29. The number of nitrogens with one attached hydrogen (secondary N) is 2. The molecule has 2 rings (SSSR count). The van der Waals surface area contributed by atoms with Crippen molar-refractivity contribution in [3.63, 3.8) is 0 Å². The summed E-state index contributed by atoms with van der Waals surface area (Å²) in [7, 11) is -2.42. The molecule has 0 atom stereocenters. The third-order valence-corrected chi connectivity index (χ3v) is 5.12. The van der Waals surface area contributed by atoms with Gasteiger partial charge in [-0.1, -0.05) is 17.7 Å². The molecule has 0 radical (unpaired) electrons. The summed E-state index contributed by atoms with van der Waals surface area (Å²) in [5.41, 5.74) is 3.99. The number of sulfonamides is 1. The molecule has 0 bridgehead atoms. The zero-order valence-electron chi connectivity index (χ0n) is 16.0. The van der Waals surface area contributed by atoms with Crippen molar-refractivity contribution in [1.82, 2.24) is 10.3 Å². The normalized spacial score (nSPS) is 11.3. The van der Waals surface area contributed by atoms with E-state index in [1.54, 1.807) is 25.1 Å². The fourth-order valence-corrected chi connectivity index (χ4v) is 3.57. The number of benzene rings is 2. The average molecular weight is 392 g/mol. The van der Waals surface area contributed by atoms with Crippen LogP contribution >= 0.6 is 0 Å². The highest BCUT2D eigenvalue weighted by atomic mass is 32.2. The second-order valence-corrected chi connectivity index (χ2v) is 8.01. The van der Waals surface area contributed by atoms with Gasteiger partial charge in [-0.15, -0.1) is 4.83 Å². The molecule has 0 saturated heterocycles. The minimum absolute atomic E-state index is 0.0527. The SMILES string of the molecule is COc1cc(C(=O)NNS(=O)(=O)c2ccc(C)cc2C)ccc1OC(C)C. The molecule has 146 valence electrons. The maximum Gasteiger partial charge on any atom is 0.266 e. The summed E-state index contributed by atoms with van der Waals surface area (Å²) < 4.78 is 35.7. The van der Waals surface area contributed by atoms with Gasteiger partial charge < -0.3 is 9.47 Å². The first-order valence-electron chi connectivity index (χ1n) is 8.38. The number of ether oxygens (including phenoxy) is 2. The van der Waals surface area contributed by atoms with Crippen LogP contribution in [0.2, 0.25) is 0 Å². The molecule has 0 aliphatic rings.